The minimum atomic E-state index is -0.498. The van der Waals surface area contributed by atoms with E-state index in [0.717, 1.165) is 17.0 Å². The molecule has 120 valence electrons. The lowest BCUT2D eigenvalue weighted by atomic mass is 10.1. The summed E-state index contributed by atoms with van der Waals surface area (Å²) in [5, 5.41) is 3.28. The Morgan fingerprint density at radius 1 is 1.00 bits per heavy atom. The smallest absolute Gasteiger partial charge is 0.252 e. The van der Waals surface area contributed by atoms with Gasteiger partial charge in [-0.2, -0.15) is 0 Å². The zero-order chi connectivity index (χ0) is 16.8. The van der Waals surface area contributed by atoms with Crippen molar-refractivity contribution in [2.75, 3.05) is 5.32 Å². The van der Waals surface area contributed by atoms with Gasteiger partial charge < -0.3 is 11.1 Å². The van der Waals surface area contributed by atoms with E-state index < -0.39 is 5.91 Å². The van der Waals surface area contributed by atoms with Crippen molar-refractivity contribution in [1.82, 2.24) is 9.97 Å². The van der Waals surface area contributed by atoms with E-state index in [4.69, 9.17) is 5.73 Å². The van der Waals surface area contributed by atoms with E-state index in [9.17, 15) is 4.79 Å². The van der Waals surface area contributed by atoms with E-state index in [-0.39, 0.29) is 0 Å². The van der Waals surface area contributed by atoms with Crippen LogP contribution in [-0.4, -0.2) is 15.9 Å². The first-order valence-electron chi connectivity index (χ1n) is 7.69. The summed E-state index contributed by atoms with van der Waals surface area (Å²) in [6, 6.07) is 17.6. The van der Waals surface area contributed by atoms with Gasteiger partial charge in [-0.25, -0.2) is 0 Å². The highest BCUT2D eigenvalue weighted by atomic mass is 16.1. The Balaban J connectivity index is 1.82. The average molecular weight is 318 g/mol. The second kappa shape index (κ2) is 7.37. The molecule has 1 aromatic carbocycles. The molecule has 3 rings (SSSR count). The molecule has 5 heteroatoms. The lowest BCUT2D eigenvalue weighted by Crippen LogP contribution is -2.15. The molecule has 3 N–H and O–H groups in total. The number of pyridine rings is 2. The van der Waals surface area contributed by atoms with Gasteiger partial charge in [0.15, 0.2) is 0 Å². The number of nitrogens with two attached hydrogens (primary N) is 1. The van der Waals surface area contributed by atoms with Crippen molar-refractivity contribution in [3.05, 3.63) is 89.5 Å². The van der Waals surface area contributed by atoms with Crippen LogP contribution in [0, 0.1) is 0 Å². The molecule has 0 fully saturated rings. The maximum absolute atomic E-state index is 11.6. The van der Waals surface area contributed by atoms with Crippen LogP contribution in [0.1, 0.15) is 27.3 Å². The van der Waals surface area contributed by atoms with E-state index in [2.05, 4.69) is 15.3 Å². The largest absolute Gasteiger partial charge is 0.380 e. The quantitative estimate of drug-likeness (QED) is 0.732. The summed E-state index contributed by atoms with van der Waals surface area (Å²) < 4.78 is 0. The van der Waals surface area contributed by atoms with Crippen molar-refractivity contribution in [1.29, 1.82) is 0 Å². The van der Waals surface area contributed by atoms with Gasteiger partial charge in [-0.05, 0) is 23.8 Å². The number of anilines is 1. The van der Waals surface area contributed by atoms with Gasteiger partial charge in [0, 0.05) is 36.7 Å². The summed E-state index contributed by atoms with van der Waals surface area (Å²) in [7, 11) is 0. The summed E-state index contributed by atoms with van der Waals surface area (Å²) >= 11 is 0. The number of benzene rings is 1. The number of hydrogen-bond donors (Lipinski definition) is 2. The first-order chi connectivity index (χ1) is 11.7. The molecule has 0 spiro atoms. The van der Waals surface area contributed by atoms with Crippen molar-refractivity contribution in [3.8, 4) is 0 Å². The third-order valence-electron chi connectivity index (χ3n) is 3.64. The Kier molecular flexibility index (Phi) is 4.81. The van der Waals surface area contributed by atoms with Crippen LogP contribution in [0.25, 0.3) is 0 Å². The molecule has 0 saturated carbocycles. The normalized spacial score (nSPS) is 10.3. The maximum atomic E-state index is 11.6. The number of hydrogen-bond acceptors (Lipinski definition) is 4. The zero-order valence-corrected chi connectivity index (χ0v) is 13.1. The van der Waals surface area contributed by atoms with Crippen LogP contribution in [-0.2, 0) is 13.0 Å². The Labute approximate surface area is 140 Å². The number of carbonyl (C=O) groups excluding carboxylic acids is 1. The van der Waals surface area contributed by atoms with E-state index in [1.807, 2.05) is 54.6 Å². The summed E-state index contributed by atoms with van der Waals surface area (Å²) in [6.07, 6.45) is 3.87. The molecule has 0 aliphatic heterocycles. The van der Waals surface area contributed by atoms with Gasteiger partial charge in [0.1, 0.15) is 0 Å². The molecule has 0 unspecified atom stereocenters. The summed E-state index contributed by atoms with van der Waals surface area (Å²) in [5.74, 6) is -0.498. The molecule has 0 atom stereocenters. The molecular formula is C19H18N4O. The lowest BCUT2D eigenvalue weighted by molar-refractivity contribution is 0.100. The third-order valence-corrected chi connectivity index (χ3v) is 3.64. The first kappa shape index (κ1) is 15.7. The molecule has 0 saturated heterocycles. The number of nitrogens with one attached hydrogen (secondary N) is 1. The standard InChI is InChI=1S/C19H18N4O/c20-19(24)17-13-22-16(10-15-8-4-5-9-21-15)11-18(17)23-12-14-6-2-1-3-7-14/h1-9,11,13H,10,12H2,(H2,20,24)(H,22,23). The van der Waals surface area contributed by atoms with E-state index in [1.54, 1.807) is 6.20 Å². The molecule has 1 amide bonds. The summed E-state index contributed by atoms with van der Waals surface area (Å²) in [6.45, 7) is 0.605. The van der Waals surface area contributed by atoms with Gasteiger partial charge in [-0.15, -0.1) is 0 Å². The predicted octanol–water partition coefficient (Wildman–Crippen LogP) is 2.78. The molecule has 0 bridgehead atoms. The van der Waals surface area contributed by atoms with Crippen LogP contribution in [0.3, 0.4) is 0 Å². The first-order valence-corrected chi connectivity index (χ1v) is 7.69. The minimum Gasteiger partial charge on any atom is -0.380 e. The third kappa shape index (κ3) is 3.95. The summed E-state index contributed by atoms with van der Waals surface area (Å²) in [5.41, 5.74) is 9.40. The number of primary amides is 1. The van der Waals surface area contributed by atoms with Crippen LogP contribution in [0.2, 0.25) is 0 Å². The predicted molar refractivity (Wildman–Crippen MR) is 93.6 cm³/mol. The van der Waals surface area contributed by atoms with Crippen LogP contribution in [0.15, 0.2) is 67.0 Å². The Bertz CT molecular complexity index is 819. The van der Waals surface area contributed by atoms with Crippen LogP contribution < -0.4 is 11.1 Å². The van der Waals surface area contributed by atoms with Crippen molar-refractivity contribution >= 4 is 11.6 Å². The number of amides is 1. The molecule has 0 aliphatic carbocycles. The number of carbonyl (C=O) groups is 1. The van der Waals surface area contributed by atoms with Crippen LogP contribution in [0.5, 0.6) is 0 Å². The minimum absolute atomic E-state index is 0.385. The molecule has 5 nitrogen and oxygen atoms in total. The monoisotopic (exact) mass is 318 g/mol. The molecule has 0 radical (unpaired) electrons. The molecule has 0 aliphatic rings. The van der Waals surface area contributed by atoms with Crippen LogP contribution >= 0.6 is 0 Å². The molecule has 2 aromatic heterocycles. The fourth-order valence-corrected chi connectivity index (χ4v) is 2.42. The zero-order valence-electron chi connectivity index (χ0n) is 13.1. The number of aromatic nitrogens is 2. The second-order valence-corrected chi connectivity index (χ2v) is 5.42. The van der Waals surface area contributed by atoms with Gasteiger partial charge in [0.05, 0.1) is 11.3 Å². The highest BCUT2D eigenvalue weighted by molar-refractivity contribution is 5.98. The topological polar surface area (TPSA) is 80.9 Å². The SMILES string of the molecule is NC(=O)c1cnc(Cc2ccccn2)cc1NCc1ccccc1. The van der Waals surface area contributed by atoms with Crippen molar-refractivity contribution in [2.45, 2.75) is 13.0 Å². The fourth-order valence-electron chi connectivity index (χ4n) is 2.42. The number of nitrogens with zero attached hydrogens (tertiary/aromatic N) is 2. The molecule has 2 heterocycles. The second-order valence-electron chi connectivity index (χ2n) is 5.42. The van der Waals surface area contributed by atoms with Crippen molar-refractivity contribution in [2.24, 2.45) is 5.73 Å². The van der Waals surface area contributed by atoms with Gasteiger partial charge >= 0.3 is 0 Å². The summed E-state index contributed by atoms with van der Waals surface area (Å²) in [4.78, 5) is 20.3. The van der Waals surface area contributed by atoms with Crippen molar-refractivity contribution < 1.29 is 4.79 Å². The van der Waals surface area contributed by atoms with Crippen molar-refractivity contribution in [3.63, 3.8) is 0 Å². The molecule has 24 heavy (non-hydrogen) atoms. The maximum Gasteiger partial charge on any atom is 0.252 e. The van der Waals surface area contributed by atoms with Crippen LogP contribution in [0.4, 0.5) is 5.69 Å². The van der Waals surface area contributed by atoms with E-state index >= 15 is 0 Å². The van der Waals surface area contributed by atoms with Gasteiger partial charge in [-0.1, -0.05) is 36.4 Å². The molecule has 3 aromatic rings. The highest BCUT2D eigenvalue weighted by Crippen LogP contribution is 2.18. The lowest BCUT2D eigenvalue weighted by Gasteiger charge is -2.12. The Hall–Kier alpha value is -3.21. The average Bonchev–Trinajstić information content (AvgIpc) is 2.61. The molecular weight excluding hydrogens is 300 g/mol. The van der Waals surface area contributed by atoms with Gasteiger partial charge in [-0.3, -0.25) is 14.8 Å². The Morgan fingerprint density at radius 3 is 2.50 bits per heavy atom. The number of rotatable bonds is 6. The Morgan fingerprint density at radius 2 is 1.79 bits per heavy atom. The van der Waals surface area contributed by atoms with E-state index in [1.165, 1.54) is 6.20 Å². The van der Waals surface area contributed by atoms with Gasteiger partial charge in [0.2, 0.25) is 0 Å². The van der Waals surface area contributed by atoms with Gasteiger partial charge in [0.25, 0.3) is 5.91 Å². The highest BCUT2D eigenvalue weighted by Gasteiger charge is 2.11. The van der Waals surface area contributed by atoms with E-state index in [0.29, 0.717) is 24.2 Å². The fraction of sp³-hybridized carbons (Fsp3) is 0.105.